The van der Waals surface area contributed by atoms with Crippen LogP contribution in [0.5, 0.6) is 5.75 Å². The third-order valence-corrected chi connectivity index (χ3v) is 4.22. The van der Waals surface area contributed by atoms with Crippen LogP contribution in [0.3, 0.4) is 0 Å². The molecule has 0 aliphatic rings. The predicted molar refractivity (Wildman–Crippen MR) is 98.2 cm³/mol. The number of imidazole rings is 1. The number of ether oxygens (including phenoxy) is 1. The van der Waals surface area contributed by atoms with Crippen molar-refractivity contribution in [1.29, 1.82) is 0 Å². The highest BCUT2D eigenvalue weighted by Crippen LogP contribution is 2.22. The van der Waals surface area contributed by atoms with Crippen LogP contribution in [0, 0.1) is 0 Å². The maximum atomic E-state index is 13.1. The van der Waals surface area contributed by atoms with E-state index in [1.165, 1.54) is 23.0 Å². The highest BCUT2D eigenvalue weighted by molar-refractivity contribution is 5.71. The van der Waals surface area contributed by atoms with Gasteiger partial charge in [-0.05, 0) is 29.8 Å². The van der Waals surface area contributed by atoms with Crippen molar-refractivity contribution >= 4 is 11.2 Å². The molecule has 1 N–H and O–H groups in total. The number of alkyl halides is 3. The van der Waals surface area contributed by atoms with E-state index < -0.39 is 17.6 Å². The minimum absolute atomic E-state index is 0.133. The third kappa shape index (κ3) is 3.64. The first-order valence-electron chi connectivity index (χ1n) is 8.42. The first-order chi connectivity index (χ1) is 13.8. The first-order valence-corrected chi connectivity index (χ1v) is 8.42. The predicted octanol–water partition coefficient (Wildman–Crippen LogP) is 2.82. The summed E-state index contributed by atoms with van der Waals surface area (Å²) in [5.41, 5.74) is 0.123. The Morgan fingerprint density at radius 3 is 2.34 bits per heavy atom. The number of fused-ring (bicyclic) bond motifs is 1. The van der Waals surface area contributed by atoms with Gasteiger partial charge in [0, 0.05) is 0 Å². The average molecular weight is 402 g/mol. The van der Waals surface area contributed by atoms with E-state index >= 15 is 0 Å². The normalized spacial score (nSPS) is 11.7. The molecule has 0 fully saturated rings. The molecule has 29 heavy (non-hydrogen) atoms. The van der Waals surface area contributed by atoms with Crippen molar-refractivity contribution in [2.45, 2.75) is 12.9 Å². The summed E-state index contributed by atoms with van der Waals surface area (Å²) in [5, 5.41) is 0. The van der Waals surface area contributed by atoms with Crippen LogP contribution >= 0.6 is 0 Å². The number of hydrogen-bond acceptors (Lipinski definition) is 4. The number of benzene rings is 2. The molecular formula is C19H13F3N4O3. The zero-order chi connectivity index (χ0) is 20.6. The minimum Gasteiger partial charge on any atom is -0.406 e. The van der Waals surface area contributed by atoms with E-state index in [0.717, 1.165) is 16.7 Å². The molecule has 0 aliphatic heterocycles. The lowest BCUT2D eigenvalue weighted by Gasteiger charge is -2.12. The van der Waals surface area contributed by atoms with Gasteiger partial charge in [0.2, 0.25) is 0 Å². The molecule has 0 amide bonds. The Morgan fingerprint density at radius 2 is 1.69 bits per heavy atom. The maximum Gasteiger partial charge on any atom is 0.573 e. The maximum absolute atomic E-state index is 13.1. The Bertz CT molecular complexity index is 1270. The van der Waals surface area contributed by atoms with Crippen LogP contribution in [0.25, 0.3) is 16.9 Å². The molecule has 2 aromatic carbocycles. The van der Waals surface area contributed by atoms with Crippen molar-refractivity contribution in [3.63, 3.8) is 0 Å². The molecule has 7 nitrogen and oxygen atoms in total. The monoisotopic (exact) mass is 402 g/mol. The summed E-state index contributed by atoms with van der Waals surface area (Å²) < 4.78 is 43.0. The van der Waals surface area contributed by atoms with Crippen LogP contribution < -0.4 is 16.0 Å². The van der Waals surface area contributed by atoms with E-state index in [-0.39, 0.29) is 23.5 Å². The number of rotatable bonds is 4. The van der Waals surface area contributed by atoms with Gasteiger partial charge in [0.15, 0.2) is 5.65 Å². The highest BCUT2D eigenvalue weighted by atomic mass is 19.4. The van der Waals surface area contributed by atoms with Crippen molar-refractivity contribution in [3.05, 3.63) is 87.3 Å². The van der Waals surface area contributed by atoms with Gasteiger partial charge in [0.25, 0.3) is 5.56 Å². The van der Waals surface area contributed by atoms with Gasteiger partial charge >= 0.3 is 12.1 Å². The lowest BCUT2D eigenvalue weighted by Crippen LogP contribution is -2.39. The first kappa shape index (κ1) is 18.5. The van der Waals surface area contributed by atoms with Crippen molar-refractivity contribution in [2.75, 3.05) is 0 Å². The van der Waals surface area contributed by atoms with Crippen molar-refractivity contribution in [1.82, 2.24) is 19.1 Å². The fourth-order valence-electron chi connectivity index (χ4n) is 2.98. The Balaban J connectivity index is 1.79. The van der Waals surface area contributed by atoms with Crippen LogP contribution in [-0.4, -0.2) is 25.5 Å². The summed E-state index contributed by atoms with van der Waals surface area (Å²) in [6, 6.07) is 13.6. The smallest absolute Gasteiger partial charge is 0.406 e. The second-order valence-corrected chi connectivity index (χ2v) is 6.14. The molecule has 0 bridgehead atoms. The Labute approximate surface area is 160 Å². The summed E-state index contributed by atoms with van der Waals surface area (Å²) in [7, 11) is 0. The van der Waals surface area contributed by atoms with E-state index in [4.69, 9.17) is 0 Å². The lowest BCUT2D eigenvalue weighted by molar-refractivity contribution is -0.274. The fourth-order valence-corrected chi connectivity index (χ4v) is 2.98. The molecule has 0 aliphatic carbocycles. The number of H-pyrrole nitrogens is 1. The van der Waals surface area contributed by atoms with Crippen molar-refractivity contribution < 1.29 is 17.9 Å². The number of nitrogens with one attached hydrogen (secondary N) is 1. The summed E-state index contributed by atoms with van der Waals surface area (Å²) in [6.07, 6.45) is -3.48. The largest absolute Gasteiger partial charge is 0.573 e. The molecule has 0 saturated heterocycles. The molecule has 0 atom stereocenters. The van der Waals surface area contributed by atoms with Crippen LogP contribution in [-0.2, 0) is 6.54 Å². The molecule has 148 valence electrons. The number of halogens is 3. The Morgan fingerprint density at radius 1 is 1.00 bits per heavy atom. The molecule has 4 aromatic rings. The van der Waals surface area contributed by atoms with Gasteiger partial charge in [-0.3, -0.25) is 9.36 Å². The molecule has 10 heteroatoms. The highest BCUT2D eigenvalue weighted by Gasteiger charge is 2.31. The number of nitrogens with zero attached hydrogens (tertiary/aromatic N) is 3. The molecule has 2 aromatic heterocycles. The lowest BCUT2D eigenvalue weighted by atomic mass is 10.2. The molecule has 0 saturated carbocycles. The van der Waals surface area contributed by atoms with Crippen LogP contribution in [0.2, 0.25) is 0 Å². The number of aromatic nitrogens is 4. The molecule has 0 unspecified atom stereocenters. The fraction of sp³-hybridized carbons (Fsp3) is 0.105. The van der Waals surface area contributed by atoms with Gasteiger partial charge in [-0.2, -0.15) is 0 Å². The van der Waals surface area contributed by atoms with Crippen LogP contribution in [0.15, 0.2) is 70.5 Å². The number of hydrogen-bond donors (Lipinski definition) is 1. The zero-order valence-electron chi connectivity index (χ0n) is 14.7. The van der Waals surface area contributed by atoms with Crippen LogP contribution in [0.4, 0.5) is 13.2 Å². The van der Waals surface area contributed by atoms with E-state index in [1.807, 2.05) is 0 Å². The van der Waals surface area contributed by atoms with E-state index in [9.17, 15) is 22.8 Å². The SMILES string of the molecule is O=c1c2[nH]cnc2n(-c2ccccc2)c(=O)n1Cc1ccc(OC(F)(F)F)cc1. The summed E-state index contributed by atoms with van der Waals surface area (Å²) in [5.74, 6) is -0.390. The molecule has 2 heterocycles. The Hall–Kier alpha value is -3.82. The summed E-state index contributed by atoms with van der Waals surface area (Å²) in [6.45, 7) is -0.133. The van der Waals surface area contributed by atoms with Gasteiger partial charge in [0.05, 0.1) is 18.6 Å². The van der Waals surface area contributed by atoms with Gasteiger partial charge in [-0.15, -0.1) is 13.2 Å². The van der Waals surface area contributed by atoms with E-state index in [0.29, 0.717) is 11.3 Å². The second kappa shape index (κ2) is 6.97. The Kier molecular flexibility index (Phi) is 4.45. The minimum atomic E-state index is -4.80. The topological polar surface area (TPSA) is 81.9 Å². The quantitative estimate of drug-likeness (QED) is 0.569. The summed E-state index contributed by atoms with van der Waals surface area (Å²) in [4.78, 5) is 32.6. The van der Waals surface area contributed by atoms with Crippen molar-refractivity contribution in [3.8, 4) is 11.4 Å². The third-order valence-electron chi connectivity index (χ3n) is 4.22. The van der Waals surface area contributed by atoms with Gasteiger partial charge < -0.3 is 9.72 Å². The van der Waals surface area contributed by atoms with Crippen molar-refractivity contribution in [2.24, 2.45) is 0 Å². The standard InChI is InChI=1S/C19H13F3N4O3/c20-19(21,22)29-14-8-6-12(7-9-14)10-25-17(27)15-16(24-11-23-15)26(18(25)28)13-4-2-1-3-5-13/h1-9,11H,10H2,(H,23,24). The molecule has 4 rings (SSSR count). The van der Waals surface area contributed by atoms with E-state index in [2.05, 4.69) is 14.7 Å². The average Bonchev–Trinajstić information content (AvgIpc) is 3.16. The molecule has 0 spiro atoms. The van der Waals surface area contributed by atoms with Crippen LogP contribution in [0.1, 0.15) is 5.56 Å². The zero-order valence-corrected chi connectivity index (χ0v) is 14.7. The molecular weight excluding hydrogens is 389 g/mol. The summed E-state index contributed by atoms with van der Waals surface area (Å²) >= 11 is 0. The second-order valence-electron chi connectivity index (χ2n) is 6.14. The van der Waals surface area contributed by atoms with Gasteiger partial charge in [-0.25, -0.2) is 14.3 Å². The number of aromatic amines is 1. The number of para-hydroxylation sites is 1. The van der Waals surface area contributed by atoms with Gasteiger partial charge in [-0.1, -0.05) is 30.3 Å². The van der Waals surface area contributed by atoms with Gasteiger partial charge in [0.1, 0.15) is 11.3 Å². The van der Waals surface area contributed by atoms with E-state index in [1.54, 1.807) is 30.3 Å². The molecule has 0 radical (unpaired) electrons.